The van der Waals surface area contributed by atoms with Gasteiger partial charge in [-0.3, -0.25) is 0 Å². The first kappa shape index (κ1) is 12.8. The lowest BCUT2D eigenvalue weighted by atomic mass is 9.96. The molecule has 0 aliphatic carbocycles. The van der Waals surface area contributed by atoms with Gasteiger partial charge in [-0.25, -0.2) is 9.97 Å². The van der Waals surface area contributed by atoms with Crippen LogP contribution in [0, 0.1) is 0 Å². The van der Waals surface area contributed by atoms with Gasteiger partial charge in [0.05, 0.1) is 17.7 Å². The Kier molecular flexibility index (Phi) is 2.93. The van der Waals surface area contributed by atoms with E-state index >= 15 is 0 Å². The van der Waals surface area contributed by atoms with E-state index in [2.05, 4.69) is 22.5 Å². The second kappa shape index (κ2) is 4.81. The minimum absolute atomic E-state index is 0.134. The Morgan fingerprint density at radius 3 is 3.10 bits per heavy atom. The van der Waals surface area contributed by atoms with Crippen LogP contribution in [-0.2, 0) is 4.74 Å². The van der Waals surface area contributed by atoms with E-state index in [1.807, 2.05) is 24.4 Å². The van der Waals surface area contributed by atoms with Crippen molar-refractivity contribution < 1.29 is 4.74 Å². The first-order chi connectivity index (χ1) is 10.3. The van der Waals surface area contributed by atoms with E-state index in [4.69, 9.17) is 9.72 Å². The smallest absolute Gasteiger partial charge is 0.226 e. The van der Waals surface area contributed by atoms with Gasteiger partial charge in [-0.15, -0.1) is 0 Å². The number of hydrogen-bond donors (Lipinski definition) is 0. The van der Waals surface area contributed by atoms with Crippen LogP contribution in [0.25, 0.3) is 17.0 Å². The molecule has 0 unspecified atom stereocenters. The summed E-state index contributed by atoms with van der Waals surface area (Å²) in [5.74, 6) is 0.844. The number of rotatable bonds is 2. The van der Waals surface area contributed by atoms with E-state index in [1.165, 1.54) is 12.8 Å². The maximum Gasteiger partial charge on any atom is 0.226 e. The fraction of sp³-hybridized carbons (Fsp3) is 0.412. The SMILES string of the molecule is C=Cc1ccc2nc(N3CCC[C@]34CCOC4)ncc2c1. The van der Waals surface area contributed by atoms with Gasteiger partial charge in [0.2, 0.25) is 5.95 Å². The number of ether oxygens (including phenoxy) is 1. The molecule has 2 fully saturated rings. The van der Waals surface area contributed by atoms with Crippen molar-refractivity contribution >= 4 is 22.9 Å². The molecule has 0 N–H and O–H groups in total. The van der Waals surface area contributed by atoms with Crippen molar-refractivity contribution in [2.75, 3.05) is 24.7 Å². The van der Waals surface area contributed by atoms with Crippen molar-refractivity contribution in [3.63, 3.8) is 0 Å². The Hall–Kier alpha value is -1.94. The zero-order valence-corrected chi connectivity index (χ0v) is 12.1. The molecule has 3 heterocycles. The van der Waals surface area contributed by atoms with E-state index in [1.54, 1.807) is 0 Å². The van der Waals surface area contributed by atoms with E-state index < -0.39 is 0 Å². The van der Waals surface area contributed by atoms with Crippen molar-refractivity contribution in [1.82, 2.24) is 9.97 Å². The van der Waals surface area contributed by atoms with Crippen LogP contribution in [0.2, 0.25) is 0 Å². The minimum Gasteiger partial charge on any atom is -0.379 e. The maximum absolute atomic E-state index is 5.64. The van der Waals surface area contributed by atoms with Gasteiger partial charge in [0.15, 0.2) is 0 Å². The standard InChI is InChI=1S/C17H19N3O/c1-2-13-4-5-15-14(10-13)11-18-16(19-15)20-8-3-6-17(20)7-9-21-12-17/h2,4-5,10-11H,1,3,6-9,12H2/t17-/m1/s1. The molecule has 4 nitrogen and oxygen atoms in total. The van der Waals surface area contributed by atoms with Gasteiger partial charge in [0.25, 0.3) is 0 Å². The number of hydrogen-bond acceptors (Lipinski definition) is 4. The molecule has 21 heavy (non-hydrogen) atoms. The van der Waals surface area contributed by atoms with E-state index in [0.29, 0.717) is 0 Å². The third kappa shape index (κ3) is 2.02. The second-order valence-corrected chi connectivity index (χ2v) is 5.97. The highest BCUT2D eigenvalue weighted by Gasteiger charge is 2.45. The van der Waals surface area contributed by atoms with Crippen molar-refractivity contribution in [3.8, 4) is 0 Å². The van der Waals surface area contributed by atoms with E-state index in [0.717, 1.165) is 48.6 Å². The van der Waals surface area contributed by atoms with Crippen LogP contribution in [0.15, 0.2) is 31.0 Å². The second-order valence-electron chi connectivity index (χ2n) is 5.97. The van der Waals surface area contributed by atoms with Crippen LogP contribution >= 0.6 is 0 Å². The molecule has 0 saturated carbocycles. The molecule has 2 aliphatic heterocycles. The van der Waals surface area contributed by atoms with Gasteiger partial charge >= 0.3 is 0 Å². The molecular weight excluding hydrogens is 262 g/mol. The summed E-state index contributed by atoms with van der Waals surface area (Å²) >= 11 is 0. The van der Waals surface area contributed by atoms with E-state index in [9.17, 15) is 0 Å². The molecule has 4 rings (SSSR count). The molecule has 2 aromatic rings. The van der Waals surface area contributed by atoms with E-state index in [-0.39, 0.29) is 5.54 Å². The van der Waals surface area contributed by atoms with Gasteiger partial charge in [-0.05, 0) is 37.0 Å². The van der Waals surface area contributed by atoms with Crippen molar-refractivity contribution in [3.05, 3.63) is 36.5 Å². The lowest BCUT2D eigenvalue weighted by Crippen LogP contribution is -2.45. The third-order valence-electron chi connectivity index (χ3n) is 4.75. The number of aromatic nitrogens is 2. The average Bonchev–Trinajstić information content (AvgIpc) is 3.17. The van der Waals surface area contributed by atoms with Crippen LogP contribution < -0.4 is 4.90 Å². The number of benzene rings is 1. The summed E-state index contributed by atoms with van der Waals surface area (Å²) in [7, 11) is 0. The fourth-order valence-electron chi connectivity index (χ4n) is 3.56. The molecule has 4 heteroatoms. The monoisotopic (exact) mass is 281 g/mol. The summed E-state index contributed by atoms with van der Waals surface area (Å²) in [6.45, 7) is 6.49. The third-order valence-corrected chi connectivity index (χ3v) is 4.75. The Balaban J connectivity index is 1.75. The highest BCUT2D eigenvalue weighted by molar-refractivity contribution is 5.81. The van der Waals surface area contributed by atoms with Gasteiger partial charge < -0.3 is 9.64 Å². The highest BCUT2D eigenvalue weighted by atomic mass is 16.5. The molecule has 0 bridgehead atoms. The van der Waals surface area contributed by atoms with Crippen LogP contribution in [0.3, 0.4) is 0 Å². The number of nitrogens with zero attached hydrogens (tertiary/aromatic N) is 3. The normalized spacial score (nSPS) is 25.0. The molecule has 1 aromatic heterocycles. The molecular formula is C17H19N3O. The summed E-state index contributed by atoms with van der Waals surface area (Å²) < 4.78 is 5.64. The Labute approximate surface area is 124 Å². The maximum atomic E-state index is 5.64. The molecule has 0 amide bonds. The number of fused-ring (bicyclic) bond motifs is 1. The van der Waals surface area contributed by atoms with Crippen molar-refractivity contribution in [1.29, 1.82) is 0 Å². The summed E-state index contributed by atoms with van der Waals surface area (Å²) in [5.41, 5.74) is 2.22. The van der Waals surface area contributed by atoms with Crippen LogP contribution in [0.5, 0.6) is 0 Å². The predicted octanol–water partition coefficient (Wildman–Crippen LogP) is 3.03. The molecule has 1 spiro atoms. The fourth-order valence-corrected chi connectivity index (χ4v) is 3.56. The lowest BCUT2D eigenvalue weighted by molar-refractivity contribution is 0.178. The Morgan fingerprint density at radius 2 is 2.29 bits per heavy atom. The summed E-state index contributed by atoms with van der Waals surface area (Å²) in [5, 5.41) is 1.06. The zero-order valence-electron chi connectivity index (χ0n) is 12.1. The van der Waals surface area contributed by atoms with Gasteiger partial charge in [0.1, 0.15) is 0 Å². The highest BCUT2D eigenvalue weighted by Crippen LogP contribution is 2.38. The number of anilines is 1. The first-order valence-corrected chi connectivity index (χ1v) is 7.55. The summed E-state index contributed by atoms with van der Waals surface area (Å²) in [6, 6.07) is 6.17. The largest absolute Gasteiger partial charge is 0.379 e. The summed E-state index contributed by atoms with van der Waals surface area (Å²) in [4.78, 5) is 11.7. The molecule has 1 aromatic carbocycles. The molecule has 0 radical (unpaired) electrons. The molecule has 1 atom stereocenters. The van der Waals surface area contributed by atoms with Gasteiger partial charge in [0, 0.05) is 24.7 Å². The lowest BCUT2D eigenvalue weighted by Gasteiger charge is -2.33. The van der Waals surface area contributed by atoms with Crippen LogP contribution in [0.4, 0.5) is 5.95 Å². The van der Waals surface area contributed by atoms with Gasteiger partial charge in [-0.2, -0.15) is 0 Å². The predicted molar refractivity (Wildman–Crippen MR) is 84.4 cm³/mol. The zero-order chi connectivity index (χ0) is 14.3. The van der Waals surface area contributed by atoms with Crippen LogP contribution in [0.1, 0.15) is 24.8 Å². The molecule has 108 valence electrons. The topological polar surface area (TPSA) is 38.2 Å². The minimum atomic E-state index is 0.134. The van der Waals surface area contributed by atoms with Crippen molar-refractivity contribution in [2.24, 2.45) is 0 Å². The quantitative estimate of drug-likeness (QED) is 0.848. The Bertz CT molecular complexity index is 686. The van der Waals surface area contributed by atoms with Crippen LogP contribution in [-0.4, -0.2) is 35.3 Å². The van der Waals surface area contributed by atoms with Gasteiger partial charge in [-0.1, -0.05) is 18.7 Å². The average molecular weight is 281 g/mol. The first-order valence-electron chi connectivity index (χ1n) is 7.55. The molecule has 2 aliphatic rings. The molecule has 2 saturated heterocycles. The van der Waals surface area contributed by atoms with Crippen molar-refractivity contribution in [2.45, 2.75) is 24.8 Å². The summed E-state index contributed by atoms with van der Waals surface area (Å²) in [6.07, 6.45) is 7.24. The Morgan fingerprint density at radius 1 is 1.33 bits per heavy atom.